The van der Waals surface area contributed by atoms with Gasteiger partial charge in [0.15, 0.2) is 0 Å². The average molecular weight is 241 g/mol. The minimum absolute atomic E-state index is 0.494. The number of ether oxygens (including phenoxy) is 2. The normalized spacial score (nSPS) is 9.35. The van der Waals surface area contributed by atoms with Crippen LogP contribution in [0.15, 0.2) is 6.07 Å². The van der Waals surface area contributed by atoms with Crippen molar-refractivity contribution >= 4 is 5.95 Å². The summed E-state index contributed by atoms with van der Waals surface area (Å²) in [5.41, 5.74) is 0. The second-order valence-corrected chi connectivity index (χ2v) is 3.55. The van der Waals surface area contributed by atoms with Crippen molar-refractivity contribution in [2.24, 2.45) is 5.92 Å². The monoisotopic (exact) mass is 241 g/mol. The Bertz CT molecular complexity index is 294. The second-order valence-electron chi connectivity index (χ2n) is 3.55. The van der Waals surface area contributed by atoms with Crippen LogP contribution in [0.2, 0.25) is 0 Å². The molecule has 0 fully saturated rings. The standard InChI is InChI=1S/C10H17N3O2.C2H6/c1-7(2)6-11-10-12-8(14-3)5-9(13-10)15-4;1-2/h5,7H,6H2,1-4H3,(H,11,12,13);1-2H3. The molecule has 17 heavy (non-hydrogen) atoms. The molecule has 0 radical (unpaired) electrons. The highest BCUT2D eigenvalue weighted by atomic mass is 16.5. The van der Waals surface area contributed by atoms with Crippen molar-refractivity contribution in [2.75, 3.05) is 26.1 Å². The summed E-state index contributed by atoms with van der Waals surface area (Å²) in [7, 11) is 3.13. The zero-order valence-corrected chi connectivity index (χ0v) is 11.6. The summed E-state index contributed by atoms with van der Waals surface area (Å²) in [6, 6.07) is 1.64. The molecule has 0 spiro atoms. The number of aromatic nitrogens is 2. The molecule has 0 saturated carbocycles. The van der Waals surface area contributed by atoms with Crippen LogP contribution in [0.4, 0.5) is 5.95 Å². The first-order valence-electron chi connectivity index (χ1n) is 5.86. The van der Waals surface area contributed by atoms with Gasteiger partial charge in [0.1, 0.15) is 0 Å². The van der Waals surface area contributed by atoms with Gasteiger partial charge in [0.25, 0.3) is 0 Å². The van der Waals surface area contributed by atoms with E-state index in [9.17, 15) is 0 Å². The zero-order chi connectivity index (χ0) is 13.3. The largest absolute Gasteiger partial charge is 0.481 e. The third kappa shape index (κ3) is 5.94. The molecule has 0 aliphatic carbocycles. The van der Waals surface area contributed by atoms with Crippen LogP contribution in [0.3, 0.4) is 0 Å². The third-order valence-corrected chi connectivity index (χ3v) is 1.77. The highest BCUT2D eigenvalue weighted by Gasteiger charge is 2.05. The Balaban J connectivity index is 0.00000121. The van der Waals surface area contributed by atoms with Crippen LogP contribution in [-0.4, -0.2) is 30.7 Å². The lowest BCUT2D eigenvalue weighted by molar-refractivity contribution is 0.372. The van der Waals surface area contributed by atoms with E-state index < -0.39 is 0 Å². The van der Waals surface area contributed by atoms with Crippen LogP contribution in [-0.2, 0) is 0 Å². The van der Waals surface area contributed by atoms with Gasteiger partial charge in [0.05, 0.1) is 20.3 Å². The van der Waals surface area contributed by atoms with Gasteiger partial charge in [-0.2, -0.15) is 9.97 Å². The number of hydrogen-bond donors (Lipinski definition) is 1. The van der Waals surface area contributed by atoms with Gasteiger partial charge in [-0.05, 0) is 5.92 Å². The molecule has 1 rings (SSSR count). The van der Waals surface area contributed by atoms with Gasteiger partial charge in [0.2, 0.25) is 17.7 Å². The molecule has 5 heteroatoms. The van der Waals surface area contributed by atoms with E-state index in [2.05, 4.69) is 29.1 Å². The Labute approximate surface area is 104 Å². The van der Waals surface area contributed by atoms with Gasteiger partial charge in [0, 0.05) is 6.54 Å². The van der Waals surface area contributed by atoms with Crippen LogP contribution in [0, 0.1) is 5.92 Å². The van der Waals surface area contributed by atoms with Crippen LogP contribution < -0.4 is 14.8 Å². The Morgan fingerprint density at radius 1 is 1.12 bits per heavy atom. The predicted molar refractivity (Wildman–Crippen MR) is 69.8 cm³/mol. The molecule has 0 amide bonds. The Hall–Kier alpha value is -1.52. The summed E-state index contributed by atoms with van der Waals surface area (Å²) in [4.78, 5) is 8.29. The first-order chi connectivity index (χ1) is 8.15. The summed E-state index contributed by atoms with van der Waals surface area (Å²) < 4.78 is 10.1. The van der Waals surface area contributed by atoms with Crippen molar-refractivity contribution in [2.45, 2.75) is 27.7 Å². The van der Waals surface area contributed by atoms with Crippen LogP contribution in [0.5, 0.6) is 11.8 Å². The fourth-order valence-corrected chi connectivity index (χ4v) is 0.988. The van der Waals surface area contributed by atoms with Gasteiger partial charge in [-0.15, -0.1) is 0 Å². The van der Waals surface area contributed by atoms with Gasteiger partial charge in [-0.3, -0.25) is 0 Å². The predicted octanol–water partition coefficient (Wildman–Crippen LogP) is 2.59. The van der Waals surface area contributed by atoms with Crippen molar-refractivity contribution in [1.82, 2.24) is 9.97 Å². The number of nitrogens with zero attached hydrogens (tertiary/aromatic N) is 2. The lowest BCUT2D eigenvalue weighted by Crippen LogP contribution is -2.11. The Kier molecular flexibility index (Phi) is 7.84. The first-order valence-corrected chi connectivity index (χ1v) is 5.86. The van der Waals surface area contributed by atoms with E-state index in [0.717, 1.165) is 6.54 Å². The minimum atomic E-state index is 0.494. The minimum Gasteiger partial charge on any atom is -0.481 e. The van der Waals surface area contributed by atoms with E-state index in [1.54, 1.807) is 20.3 Å². The quantitative estimate of drug-likeness (QED) is 0.858. The third-order valence-electron chi connectivity index (χ3n) is 1.77. The summed E-state index contributed by atoms with van der Waals surface area (Å²) in [6.07, 6.45) is 0. The van der Waals surface area contributed by atoms with Crippen molar-refractivity contribution in [3.63, 3.8) is 0 Å². The second kappa shape index (κ2) is 8.61. The van der Waals surface area contributed by atoms with E-state index in [0.29, 0.717) is 23.6 Å². The molecular formula is C12H23N3O2. The average Bonchev–Trinajstić information content (AvgIpc) is 2.38. The number of methoxy groups -OCH3 is 2. The molecule has 0 aliphatic rings. The smallest absolute Gasteiger partial charge is 0.229 e. The van der Waals surface area contributed by atoms with E-state index in [1.807, 2.05) is 13.8 Å². The molecule has 0 atom stereocenters. The Morgan fingerprint density at radius 3 is 1.94 bits per heavy atom. The number of anilines is 1. The van der Waals surface area contributed by atoms with Gasteiger partial charge >= 0.3 is 0 Å². The summed E-state index contributed by atoms with van der Waals surface area (Å²) in [5.74, 6) is 2.05. The molecular weight excluding hydrogens is 218 g/mol. The fraction of sp³-hybridized carbons (Fsp3) is 0.667. The Morgan fingerprint density at radius 2 is 1.59 bits per heavy atom. The summed E-state index contributed by atoms with van der Waals surface area (Å²) >= 11 is 0. The SMILES string of the molecule is CC.COc1cc(OC)nc(NCC(C)C)n1. The highest BCUT2D eigenvalue weighted by Crippen LogP contribution is 2.17. The lowest BCUT2D eigenvalue weighted by Gasteiger charge is -2.09. The zero-order valence-electron chi connectivity index (χ0n) is 11.6. The highest BCUT2D eigenvalue weighted by molar-refractivity contribution is 5.33. The molecule has 0 aromatic carbocycles. The topological polar surface area (TPSA) is 56.3 Å². The molecule has 98 valence electrons. The maximum atomic E-state index is 5.03. The lowest BCUT2D eigenvalue weighted by atomic mass is 10.2. The number of hydrogen-bond acceptors (Lipinski definition) is 5. The molecule has 1 heterocycles. The first kappa shape index (κ1) is 15.5. The molecule has 5 nitrogen and oxygen atoms in total. The maximum absolute atomic E-state index is 5.03. The number of rotatable bonds is 5. The van der Waals surface area contributed by atoms with Crippen molar-refractivity contribution in [3.8, 4) is 11.8 Å². The number of nitrogens with one attached hydrogen (secondary N) is 1. The van der Waals surface area contributed by atoms with Crippen LogP contribution in [0.25, 0.3) is 0 Å². The molecule has 0 saturated heterocycles. The molecule has 0 bridgehead atoms. The van der Waals surface area contributed by atoms with Crippen molar-refractivity contribution in [3.05, 3.63) is 6.07 Å². The fourth-order valence-electron chi connectivity index (χ4n) is 0.988. The van der Waals surface area contributed by atoms with Gasteiger partial charge in [-0.25, -0.2) is 0 Å². The molecule has 0 unspecified atom stereocenters. The molecule has 0 aliphatic heterocycles. The van der Waals surface area contributed by atoms with E-state index in [-0.39, 0.29) is 0 Å². The van der Waals surface area contributed by atoms with Crippen LogP contribution >= 0.6 is 0 Å². The van der Waals surface area contributed by atoms with Crippen LogP contribution in [0.1, 0.15) is 27.7 Å². The molecule has 1 N–H and O–H groups in total. The summed E-state index contributed by atoms with van der Waals surface area (Å²) in [5, 5.41) is 3.11. The van der Waals surface area contributed by atoms with E-state index in [4.69, 9.17) is 9.47 Å². The van der Waals surface area contributed by atoms with Crippen molar-refractivity contribution < 1.29 is 9.47 Å². The van der Waals surface area contributed by atoms with Gasteiger partial charge < -0.3 is 14.8 Å². The van der Waals surface area contributed by atoms with Gasteiger partial charge in [-0.1, -0.05) is 27.7 Å². The van der Waals surface area contributed by atoms with Crippen molar-refractivity contribution in [1.29, 1.82) is 0 Å². The summed E-state index contributed by atoms with van der Waals surface area (Å²) in [6.45, 7) is 9.05. The van der Waals surface area contributed by atoms with E-state index >= 15 is 0 Å². The molecule has 1 aromatic rings. The maximum Gasteiger partial charge on any atom is 0.229 e. The van der Waals surface area contributed by atoms with E-state index in [1.165, 1.54) is 0 Å². The molecule has 1 aromatic heterocycles.